The van der Waals surface area contributed by atoms with Crippen molar-refractivity contribution < 1.29 is 9.59 Å². The molecule has 2 aliphatic rings. The van der Waals surface area contributed by atoms with Gasteiger partial charge in [0.15, 0.2) is 0 Å². The van der Waals surface area contributed by atoms with Crippen molar-refractivity contribution in [2.45, 2.75) is 31.3 Å². The topological polar surface area (TPSA) is 73.5 Å². The molecular formula is C12H23ClN4O2. The molecule has 2 fully saturated rings. The lowest BCUT2D eigenvalue weighted by atomic mass is 9.99. The molecule has 2 amide bonds. The zero-order chi connectivity index (χ0) is 13.0. The van der Waals surface area contributed by atoms with Gasteiger partial charge >= 0.3 is 0 Å². The van der Waals surface area contributed by atoms with Crippen molar-refractivity contribution >= 4 is 24.2 Å². The Hall–Kier alpha value is -0.850. The largest absolute Gasteiger partial charge is 0.359 e. The number of piperidine rings is 1. The smallest absolute Gasteiger partial charge is 0.237 e. The second-order valence-electron chi connectivity index (χ2n) is 4.90. The zero-order valence-electron chi connectivity index (χ0n) is 11.3. The number of halogens is 1. The molecule has 0 aromatic carbocycles. The molecule has 2 saturated heterocycles. The van der Waals surface area contributed by atoms with E-state index in [9.17, 15) is 9.59 Å². The first-order valence-electron chi connectivity index (χ1n) is 6.67. The van der Waals surface area contributed by atoms with E-state index in [4.69, 9.17) is 0 Å². The monoisotopic (exact) mass is 290 g/mol. The molecule has 6 nitrogen and oxygen atoms in total. The van der Waals surface area contributed by atoms with E-state index in [0.29, 0.717) is 12.6 Å². The van der Waals surface area contributed by atoms with Gasteiger partial charge in [-0.1, -0.05) is 0 Å². The van der Waals surface area contributed by atoms with E-state index in [1.165, 1.54) is 0 Å². The van der Waals surface area contributed by atoms with Crippen LogP contribution < -0.4 is 16.0 Å². The van der Waals surface area contributed by atoms with Crippen molar-refractivity contribution in [1.29, 1.82) is 0 Å². The molecule has 0 spiro atoms. The Balaban J connectivity index is 0.00000180. The van der Waals surface area contributed by atoms with E-state index in [1.807, 2.05) is 0 Å². The summed E-state index contributed by atoms with van der Waals surface area (Å²) in [7, 11) is 1.61. The average molecular weight is 291 g/mol. The Kier molecular flexibility index (Phi) is 6.54. The summed E-state index contributed by atoms with van der Waals surface area (Å²) < 4.78 is 0. The van der Waals surface area contributed by atoms with Crippen LogP contribution in [0.1, 0.15) is 19.3 Å². The Morgan fingerprint density at radius 3 is 2.68 bits per heavy atom. The molecule has 0 aliphatic carbocycles. The summed E-state index contributed by atoms with van der Waals surface area (Å²) in [5, 5.41) is 8.78. The molecule has 7 heteroatoms. The summed E-state index contributed by atoms with van der Waals surface area (Å²) in [5.41, 5.74) is 0. The number of nitrogens with one attached hydrogen (secondary N) is 3. The van der Waals surface area contributed by atoms with Crippen molar-refractivity contribution in [3.8, 4) is 0 Å². The van der Waals surface area contributed by atoms with Gasteiger partial charge in [-0.05, 0) is 25.9 Å². The highest BCUT2D eigenvalue weighted by molar-refractivity contribution is 5.88. The fraction of sp³-hybridized carbons (Fsp3) is 0.833. The molecule has 0 bridgehead atoms. The van der Waals surface area contributed by atoms with E-state index >= 15 is 0 Å². The third kappa shape index (κ3) is 4.06. The van der Waals surface area contributed by atoms with E-state index < -0.39 is 0 Å². The highest BCUT2D eigenvalue weighted by atomic mass is 35.5. The van der Waals surface area contributed by atoms with Crippen LogP contribution in [-0.2, 0) is 9.59 Å². The number of piperazine rings is 1. The first-order valence-corrected chi connectivity index (χ1v) is 6.67. The third-order valence-electron chi connectivity index (χ3n) is 3.81. The highest BCUT2D eigenvalue weighted by Crippen LogP contribution is 2.19. The predicted molar refractivity (Wildman–Crippen MR) is 75.3 cm³/mol. The molecule has 110 valence electrons. The summed E-state index contributed by atoms with van der Waals surface area (Å²) in [4.78, 5) is 25.7. The fourth-order valence-electron chi connectivity index (χ4n) is 2.80. The van der Waals surface area contributed by atoms with Crippen molar-refractivity contribution in [2.24, 2.45) is 0 Å². The molecule has 2 aliphatic heterocycles. The van der Waals surface area contributed by atoms with Gasteiger partial charge in [-0.25, -0.2) is 0 Å². The lowest BCUT2D eigenvalue weighted by molar-refractivity contribution is -0.135. The molecule has 0 aromatic heterocycles. The maximum atomic E-state index is 12.0. The maximum Gasteiger partial charge on any atom is 0.237 e. The Morgan fingerprint density at radius 1 is 1.37 bits per heavy atom. The number of nitrogens with zero attached hydrogens (tertiary/aromatic N) is 1. The van der Waals surface area contributed by atoms with Crippen molar-refractivity contribution in [3.05, 3.63) is 0 Å². The van der Waals surface area contributed by atoms with Crippen LogP contribution in [-0.4, -0.2) is 62.0 Å². The van der Waals surface area contributed by atoms with Gasteiger partial charge in [0, 0.05) is 26.2 Å². The quantitative estimate of drug-likeness (QED) is 0.630. The first kappa shape index (κ1) is 16.2. The molecule has 0 saturated carbocycles. The van der Waals surface area contributed by atoms with Crippen molar-refractivity contribution in [3.63, 3.8) is 0 Å². The molecule has 0 aromatic rings. The Labute approximate surface area is 120 Å². The minimum absolute atomic E-state index is 0. The normalized spacial score (nSPS) is 25.3. The second kappa shape index (κ2) is 7.67. The average Bonchev–Trinajstić information content (AvgIpc) is 2.42. The van der Waals surface area contributed by atoms with E-state index in [-0.39, 0.29) is 36.7 Å². The number of rotatable bonds is 3. The zero-order valence-corrected chi connectivity index (χ0v) is 12.1. The van der Waals surface area contributed by atoms with Gasteiger partial charge in [0.05, 0.1) is 12.5 Å². The van der Waals surface area contributed by atoms with Gasteiger partial charge in [0.1, 0.15) is 0 Å². The van der Waals surface area contributed by atoms with Gasteiger partial charge in [0.2, 0.25) is 11.8 Å². The summed E-state index contributed by atoms with van der Waals surface area (Å²) >= 11 is 0. The predicted octanol–water partition coefficient (Wildman–Crippen LogP) is -0.903. The molecule has 1 atom stereocenters. The summed E-state index contributed by atoms with van der Waals surface area (Å²) in [6.45, 7) is 3.52. The SMILES string of the molecule is CNC(=O)CC1C(=O)NCCN1C1CCNCC1.Cl. The molecule has 2 rings (SSSR count). The van der Waals surface area contributed by atoms with Gasteiger partial charge < -0.3 is 16.0 Å². The van der Waals surface area contributed by atoms with Gasteiger partial charge in [0.25, 0.3) is 0 Å². The van der Waals surface area contributed by atoms with Gasteiger partial charge in [-0.3, -0.25) is 14.5 Å². The summed E-state index contributed by atoms with van der Waals surface area (Å²) in [6.07, 6.45) is 2.36. The van der Waals surface area contributed by atoms with Crippen molar-refractivity contribution in [2.75, 3.05) is 33.2 Å². The number of amides is 2. The van der Waals surface area contributed by atoms with E-state index in [0.717, 1.165) is 32.5 Å². The molecule has 0 radical (unpaired) electrons. The van der Waals surface area contributed by atoms with Crippen LogP contribution in [0.15, 0.2) is 0 Å². The highest BCUT2D eigenvalue weighted by Gasteiger charge is 2.35. The summed E-state index contributed by atoms with van der Waals surface area (Å²) in [5.74, 6) is -0.0839. The minimum Gasteiger partial charge on any atom is -0.359 e. The van der Waals surface area contributed by atoms with Crippen LogP contribution in [0.3, 0.4) is 0 Å². The molecular weight excluding hydrogens is 268 g/mol. The molecule has 2 heterocycles. The van der Waals surface area contributed by atoms with Gasteiger partial charge in [-0.15, -0.1) is 12.4 Å². The molecule has 3 N–H and O–H groups in total. The molecule has 1 unspecified atom stereocenters. The van der Waals surface area contributed by atoms with Crippen LogP contribution in [0.4, 0.5) is 0 Å². The van der Waals surface area contributed by atoms with E-state index in [1.54, 1.807) is 7.05 Å². The number of carbonyl (C=O) groups excluding carboxylic acids is 2. The lowest BCUT2D eigenvalue weighted by Crippen LogP contribution is -2.60. The second-order valence-corrected chi connectivity index (χ2v) is 4.90. The van der Waals surface area contributed by atoms with Crippen LogP contribution in [0.5, 0.6) is 0 Å². The Morgan fingerprint density at radius 2 is 2.05 bits per heavy atom. The standard InChI is InChI=1S/C12H22N4O2.ClH/c1-13-11(17)8-10-12(18)15-6-7-16(10)9-2-4-14-5-3-9;/h9-10,14H,2-8H2,1H3,(H,13,17)(H,15,18);1H. The minimum atomic E-state index is -0.304. The molecule has 19 heavy (non-hydrogen) atoms. The van der Waals surface area contributed by atoms with Crippen LogP contribution in [0.2, 0.25) is 0 Å². The fourth-order valence-corrected chi connectivity index (χ4v) is 2.80. The van der Waals surface area contributed by atoms with E-state index in [2.05, 4.69) is 20.9 Å². The van der Waals surface area contributed by atoms with Crippen LogP contribution in [0, 0.1) is 0 Å². The van der Waals surface area contributed by atoms with Crippen LogP contribution in [0.25, 0.3) is 0 Å². The third-order valence-corrected chi connectivity index (χ3v) is 3.81. The van der Waals surface area contributed by atoms with Crippen LogP contribution >= 0.6 is 12.4 Å². The first-order chi connectivity index (χ1) is 8.72. The number of carbonyl (C=O) groups is 2. The van der Waals surface area contributed by atoms with Crippen molar-refractivity contribution in [1.82, 2.24) is 20.9 Å². The Bertz CT molecular complexity index is 321. The maximum absolute atomic E-state index is 12.0. The number of hydrogen-bond donors (Lipinski definition) is 3. The summed E-state index contributed by atoms with van der Waals surface area (Å²) in [6, 6.07) is 0.119. The van der Waals surface area contributed by atoms with Gasteiger partial charge in [-0.2, -0.15) is 0 Å². The lowest BCUT2D eigenvalue weighted by Gasteiger charge is -2.41. The number of hydrogen-bond acceptors (Lipinski definition) is 4.